The van der Waals surface area contributed by atoms with Gasteiger partial charge in [0.2, 0.25) is 0 Å². The second kappa shape index (κ2) is 5.61. The van der Waals surface area contributed by atoms with Gasteiger partial charge in [-0.25, -0.2) is 4.39 Å². The van der Waals surface area contributed by atoms with E-state index in [-0.39, 0.29) is 12.4 Å². The van der Waals surface area contributed by atoms with Crippen LogP contribution >= 0.6 is 0 Å². The van der Waals surface area contributed by atoms with Crippen molar-refractivity contribution in [3.05, 3.63) is 53.3 Å². The van der Waals surface area contributed by atoms with Gasteiger partial charge in [-0.1, -0.05) is 6.07 Å². The SMILES string of the molecule is COc1ccc(N)cc1COc1cc(F)ccc1C. The van der Waals surface area contributed by atoms with Crippen molar-refractivity contribution >= 4 is 5.69 Å². The molecule has 4 heteroatoms. The number of ether oxygens (including phenoxy) is 2. The molecule has 0 aromatic heterocycles. The van der Waals surface area contributed by atoms with Crippen molar-refractivity contribution in [2.75, 3.05) is 12.8 Å². The smallest absolute Gasteiger partial charge is 0.126 e. The lowest BCUT2D eigenvalue weighted by atomic mass is 10.2. The van der Waals surface area contributed by atoms with E-state index in [9.17, 15) is 4.39 Å². The van der Waals surface area contributed by atoms with Gasteiger partial charge in [-0.2, -0.15) is 0 Å². The molecule has 0 fully saturated rings. The molecule has 0 heterocycles. The Hall–Kier alpha value is -2.23. The maximum atomic E-state index is 13.2. The average Bonchev–Trinajstić information content (AvgIpc) is 2.40. The summed E-state index contributed by atoms with van der Waals surface area (Å²) in [6.07, 6.45) is 0. The van der Waals surface area contributed by atoms with Gasteiger partial charge in [-0.05, 0) is 36.8 Å². The molecule has 0 saturated heterocycles. The van der Waals surface area contributed by atoms with E-state index in [0.717, 1.165) is 11.1 Å². The fraction of sp³-hybridized carbons (Fsp3) is 0.200. The Morgan fingerprint density at radius 3 is 2.63 bits per heavy atom. The molecule has 2 N–H and O–H groups in total. The number of rotatable bonds is 4. The van der Waals surface area contributed by atoms with E-state index >= 15 is 0 Å². The monoisotopic (exact) mass is 261 g/mol. The number of nitrogens with two attached hydrogens (primary N) is 1. The number of hydrogen-bond donors (Lipinski definition) is 1. The van der Waals surface area contributed by atoms with Crippen molar-refractivity contribution in [3.8, 4) is 11.5 Å². The topological polar surface area (TPSA) is 44.5 Å². The van der Waals surface area contributed by atoms with Crippen LogP contribution in [-0.2, 0) is 6.61 Å². The Bertz CT molecular complexity index is 584. The van der Waals surface area contributed by atoms with Crippen LogP contribution in [0.5, 0.6) is 11.5 Å². The molecular weight excluding hydrogens is 245 g/mol. The van der Waals surface area contributed by atoms with Gasteiger partial charge in [0.05, 0.1) is 7.11 Å². The quantitative estimate of drug-likeness (QED) is 0.859. The zero-order chi connectivity index (χ0) is 13.8. The summed E-state index contributed by atoms with van der Waals surface area (Å²) < 4.78 is 24.0. The number of aryl methyl sites for hydroxylation is 1. The highest BCUT2D eigenvalue weighted by atomic mass is 19.1. The van der Waals surface area contributed by atoms with Crippen LogP contribution in [0.2, 0.25) is 0 Å². The molecule has 0 atom stereocenters. The van der Waals surface area contributed by atoms with Crippen LogP contribution in [0.1, 0.15) is 11.1 Å². The first kappa shape index (κ1) is 13.2. The Kier molecular flexibility index (Phi) is 3.90. The lowest BCUT2D eigenvalue weighted by Gasteiger charge is -2.12. The van der Waals surface area contributed by atoms with E-state index in [1.165, 1.54) is 12.1 Å². The Morgan fingerprint density at radius 1 is 1.11 bits per heavy atom. The fourth-order valence-corrected chi connectivity index (χ4v) is 1.80. The first-order valence-electron chi connectivity index (χ1n) is 5.91. The molecule has 19 heavy (non-hydrogen) atoms. The Morgan fingerprint density at radius 2 is 1.89 bits per heavy atom. The highest BCUT2D eigenvalue weighted by Crippen LogP contribution is 2.25. The predicted octanol–water partition coefficient (Wildman–Crippen LogP) is 3.30. The molecule has 2 aromatic carbocycles. The predicted molar refractivity (Wildman–Crippen MR) is 72.9 cm³/mol. The maximum absolute atomic E-state index is 13.2. The number of hydrogen-bond acceptors (Lipinski definition) is 3. The number of halogens is 1. The van der Waals surface area contributed by atoms with Crippen molar-refractivity contribution in [2.24, 2.45) is 0 Å². The molecule has 100 valence electrons. The lowest BCUT2D eigenvalue weighted by molar-refractivity contribution is 0.293. The third-order valence-corrected chi connectivity index (χ3v) is 2.84. The highest BCUT2D eigenvalue weighted by Gasteiger charge is 2.06. The third-order valence-electron chi connectivity index (χ3n) is 2.84. The highest BCUT2D eigenvalue weighted by molar-refractivity contribution is 5.48. The summed E-state index contributed by atoms with van der Waals surface area (Å²) in [5.74, 6) is 0.896. The van der Waals surface area contributed by atoms with E-state index in [1.54, 1.807) is 31.4 Å². The van der Waals surface area contributed by atoms with Crippen molar-refractivity contribution in [1.82, 2.24) is 0 Å². The van der Waals surface area contributed by atoms with Crippen molar-refractivity contribution in [2.45, 2.75) is 13.5 Å². The summed E-state index contributed by atoms with van der Waals surface area (Å²) in [5.41, 5.74) is 8.07. The molecule has 0 amide bonds. The first-order valence-corrected chi connectivity index (χ1v) is 5.91. The molecule has 0 bridgehead atoms. The van der Waals surface area contributed by atoms with Crippen LogP contribution in [-0.4, -0.2) is 7.11 Å². The molecule has 2 rings (SSSR count). The van der Waals surface area contributed by atoms with Crippen LogP contribution < -0.4 is 15.2 Å². The summed E-state index contributed by atoms with van der Waals surface area (Å²) in [6.45, 7) is 2.14. The van der Waals surface area contributed by atoms with Crippen LogP contribution in [0.15, 0.2) is 36.4 Å². The number of methoxy groups -OCH3 is 1. The molecule has 0 unspecified atom stereocenters. The molecule has 0 radical (unpaired) electrons. The normalized spacial score (nSPS) is 10.3. The number of benzene rings is 2. The second-order valence-electron chi connectivity index (χ2n) is 4.27. The third kappa shape index (κ3) is 3.16. The van der Waals surface area contributed by atoms with Crippen molar-refractivity contribution in [3.63, 3.8) is 0 Å². The van der Waals surface area contributed by atoms with Crippen molar-refractivity contribution in [1.29, 1.82) is 0 Å². The molecule has 2 aromatic rings. The number of nitrogen functional groups attached to an aromatic ring is 1. The van der Waals surface area contributed by atoms with Crippen molar-refractivity contribution < 1.29 is 13.9 Å². The van der Waals surface area contributed by atoms with Crippen LogP contribution in [0, 0.1) is 12.7 Å². The zero-order valence-corrected chi connectivity index (χ0v) is 10.9. The second-order valence-corrected chi connectivity index (χ2v) is 4.27. The van der Waals surface area contributed by atoms with E-state index in [0.29, 0.717) is 17.2 Å². The Labute approximate surface area is 111 Å². The molecule has 0 aliphatic rings. The maximum Gasteiger partial charge on any atom is 0.126 e. The van der Waals surface area contributed by atoms with Crippen LogP contribution in [0.4, 0.5) is 10.1 Å². The van der Waals surface area contributed by atoms with E-state index in [1.807, 2.05) is 6.92 Å². The minimum Gasteiger partial charge on any atom is -0.496 e. The zero-order valence-electron chi connectivity index (χ0n) is 10.9. The van der Waals surface area contributed by atoms with Gasteiger partial charge >= 0.3 is 0 Å². The van der Waals surface area contributed by atoms with Crippen LogP contribution in [0.3, 0.4) is 0 Å². The van der Waals surface area contributed by atoms with Gasteiger partial charge in [0, 0.05) is 17.3 Å². The van der Waals surface area contributed by atoms with Gasteiger partial charge in [0.15, 0.2) is 0 Å². The average molecular weight is 261 g/mol. The summed E-state index contributed by atoms with van der Waals surface area (Å²) in [4.78, 5) is 0. The van der Waals surface area contributed by atoms with E-state index < -0.39 is 0 Å². The van der Waals surface area contributed by atoms with Gasteiger partial charge in [0.1, 0.15) is 23.9 Å². The van der Waals surface area contributed by atoms with Gasteiger partial charge in [-0.3, -0.25) is 0 Å². The molecular formula is C15H16FNO2. The Balaban J connectivity index is 2.18. The fourth-order valence-electron chi connectivity index (χ4n) is 1.80. The lowest BCUT2D eigenvalue weighted by Crippen LogP contribution is -2.01. The largest absolute Gasteiger partial charge is 0.496 e. The minimum absolute atomic E-state index is 0.276. The summed E-state index contributed by atoms with van der Waals surface area (Å²) in [6, 6.07) is 9.79. The van der Waals surface area contributed by atoms with E-state index in [4.69, 9.17) is 15.2 Å². The van der Waals surface area contributed by atoms with Gasteiger partial charge < -0.3 is 15.2 Å². The standard InChI is InChI=1S/C15H16FNO2/c1-10-3-4-12(16)8-15(10)19-9-11-7-13(17)5-6-14(11)18-2/h3-8H,9,17H2,1-2H3. The molecule has 0 aliphatic carbocycles. The van der Waals surface area contributed by atoms with Crippen LogP contribution in [0.25, 0.3) is 0 Å². The minimum atomic E-state index is -0.319. The summed E-state index contributed by atoms with van der Waals surface area (Å²) in [5, 5.41) is 0. The molecule has 0 saturated carbocycles. The molecule has 0 aliphatic heterocycles. The molecule has 0 spiro atoms. The van der Waals surface area contributed by atoms with Gasteiger partial charge in [0.25, 0.3) is 0 Å². The van der Waals surface area contributed by atoms with E-state index in [2.05, 4.69) is 0 Å². The first-order chi connectivity index (χ1) is 9.10. The number of anilines is 1. The summed E-state index contributed by atoms with van der Waals surface area (Å²) in [7, 11) is 1.59. The molecule has 3 nitrogen and oxygen atoms in total. The summed E-state index contributed by atoms with van der Waals surface area (Å²) >= 11 is 0. The van der Waals surface area contributed by atoms with Gasteiger partial charge in [-0.15, -0.1) is 0 Å².